The van der Waals surface area contributed by atoms with Gasteiger partial charge >= 0.3 is 5.97 Å². The first-order chi connectivity index (χ1) is 8.68. The molecule has 0 spiro atoms. The summed E-state index contributed by atoms with van der Waals surface area (Å²) in [5.41, 5.74) is -0.533. The van der Waals surface area contributed by atoms with Crippen LogP contribution >= 0.6 is 11.3 Å². The van der Waals surface area contributed by atoms with E-state index in [-0.39, 0.29) is 5.97 Å². The molecule has 0 aliphatic rings. The van der Waals surface area contributed by atoms with Crippen molar-refractivity contribution in [1.82, 2.24) is 5.32 Å². The number of ether oxygens (including phenoxy) is 1. The Hall–Kier alpha value is -0.870. The largest absolute Gasteiger partial charge is 0.468 e. The van der Waals surface area contributed by atoms with Crippen molar-refractivity contribution in [1.29, 1.82) is 0 Å². The normalized spacial score (nSPS) is 14.2. The first kappa shape index (κ1) is 15.2. The highest BCUT2D eigenvalue weighted by Gasteiger charge is 2.36. The van der Waals surface area contributed by atoms with Crippen molar-refractivity contribution in [2.24, 2.45) is 0 Å². The average Bonchev–Trinajstić information content (AvgIpc) is 2.92. The van der Waals surface area contributed by atoms with Crippen molar-refractivity contribution >= 4 is 17.3 Å². The fraction of sp³-hybridized carbons (Fsp3) is 0.643. The molecule has 1 heterocycles. The van der Waals surface area contributed by atoms with Gasteiger partial charge in [-0.05, 0) is 24.3 Å². The van der Waals surface area contributed by atoms with Crippen LogP contribution in [0.25, 0.3) is 0 Å². The molecule has 0 radical (unpaired) electrons. The van der Waals surface area contributed by atoms with Gasteiger partial charge in [0, 0.05) is 11.4 Å². The van der Waals surface area contributed by atoms with Gasteiger partial charge in [0.1, 0.15) is 5.54 Å². The number of rotatable bonds is 8. The Morgan fingerprint density at radius 3 is 2.78 bits per heavy atom. The third kappa shape index (κ3) is 3.82. The molecule has 102 valence electrons. The lowest BCUT2D eigenvalue weighted by atomic mass is 9.89. The number of hydrogen-bond acceptors (Lipinski definition) is 4. The van der Waals surface area contributed by atoms with Crippen LogP contribution in [0, 0.1) is 0 Å². The zero-order chi connectivity index (χ0) is 13.4. The van der Waals surface area contributed by atoms with Gasteiger partial charge in [0.15, 0.2) is 0 Å². The zero-order valence-electron chi connectivity index (χ0n) is 11.5. The molecule has 0 saturated carbocycles. The van der Waals surface area contributed by atoms with Gasteiger partial charge in [0.05, 0.1) is 7.11 Å². The van der Waals surface area contributed by atoms with Crippen LogP contribution in [0.3, 0.4) is 0 Å². The number of methoxy groups -OCH3 is 1. The molecule has 0 bridgehead atoms. The van der Waals surface area contributed by atoms with Crippen LogP contribution in [-0.4, -0.2) is 18.6 Å². The number of carbonyl (C=O) groups excluding carboxylic acids is 1. The molecular formula is C14H23NO2S. The van der Waals surface area contributed by atoms with Crippen molar-refractivity contribution in [2.75, 3.05) is 7.11 Å². The second-order valence-electron chi connectivity index (χ2n) is 4.46. The van der Waals surface area contributed by atoms with E-state index in [1.165, 1.54) is 12.0 Å². The van der Waals surface area contributed by atoms with Gasteiger partial charge in [0.2, 0.25) is 0 Å². The average molecular weight is 269 g/mol. The van der Waals surface area contributed by atoms with Crippen LogP contribution in [0.15, 0.2) is 17.5 Å². The second-order valence-corrected chi connectivity index (χ2v) is 5.50. The number of thiophene rings is 1. The minimum Gasteiger partial charge on any atom is -0.468 e. The maximum absolute atomic E-state index is 12.0. The summed E-state index contributed by atoms with van der Waals surface area (Å²) < 4.78 is 4.98. The summed E-state index contributed by atoms with van der Waals surface area (Å²) in [6.45, 7) is 4.90. The molecule has 0 aromatic carbocycles. The lowest BCUT2D eigenvalue weighted by molar-refractivity contribution is -0.149. The topological polar surface area (TPSA) is 38.3 Å². The summed E-state index contributed by atoms with van der Waals surface area (Å²) in [5.74, 6) is -0.144. The predicted molar refractivity (Wildman–Crippen MR) is 75.7 cm³/mol. The van der Waals surface area contributed by atoms with Gasteiger partial charge in [-0.2, -0.15) is 0 Å². The molecule has 18 heavy (non-hydrogen) atoms. The molecule has 0 aliphatic heterocycles. The van der Waals surface area contributed by atoms with E-state index in [0.717, 1.165) is 32.2 Å². The fourth-order valence-electron chi connectivity index (χ4n) is 2.05. The highest BCUT2D eigenvalue weighted by molar-refractivity contribution is 7.09. The van der Waals surface area contributed by atoms with Crippen molar-refractivity contribution < 1.29 is 9.53 Å². The van der Waals surface area contributed by atoms with Crippen molar-refractivity contribution in [2.45, 2.75) is 51.6 Å². The van der Waals surface area contributed by atoms with Gasteiger partial charge < -0.3 is 4.74 Å². The lowest BCUT2D eigenvalue weighted by Gasteiger charge is -2.31. The standard InChI is InChI=1S/C14H23NO2S/c1-4-6-9-14(5-2,13(16)17-3)15-11-12-8-7-10-18-12/h7-8,10,15H,4-6,9,11H2,1-3H3. The number of nitrogens with one attached hydrogen (secondary N) is 1. The van der Waals surface area contributed by atoms with E-state index in [4.69, 9.17) is 4.74 Å². The van der Waals surface area contributed by atoms with E-state index in [1.807, 2.05) is 13.0 Å². The maximum atomic E-state index is 12.0. The fourth-order valence-corrected chi connectivity index (χ4v) is 2.70. The molecular weight excluding hydrogens is 246 g/mol. The lowest BCUT2D eigenvalue weighted by Crippen LogP contribution is -2.51. The van der Waals surface area contributed by atoms with E-state index < -0.39 is 5.54 Å². The number of unbranched alkanes of at least 4 members (excludes halogenated alkanes) is 1. The molecule has 0 fully saturated rings. The van der Waals surface area contributed by atoms with Crippen LogP contribution in [0.4, 0.5) is 0 Å². The number of hydrogen-bond donors (Lipinski definition) is 1. The zero-order valence-corrected chi connectivity index (χ0v) is 12.3. The summed E-state index contributed by atoms with van der Waals surface area (Å²) >= 11 is 1.70. The third-order valence-corrected chi connectivity index (χ3v) is 4.19. The molecule has 1 aromatic heterocycles. The third-order valence-electron chi connectivity index (χ3n) is 3.32. The summed E-state index contributed by atoms with van der Waals surface area (Å²) in [7, 11) is 1.46. The predicted octanol–water partition coefficient (Wildman–Crippen LogP) is 3.35. The molecule has 1 unspecified atom stereocenters. The first-order valence-corrected chi connectivity index (χ1v) is 7.42. The van der Waals surface area contributed by atoms with Crippen LogP contribution in [0.2, 0.25) is 0 Å². The van der Waals surface area contributed by atoms with Crippen LogP contribution < -0.4 is 5.32 Å². The Labute approximate surface area is 114 Å². The van der Waals surface area contributed by atoms with Gasteiger partial charge in [0.25, 0.3) is 0 Å². The first-order valence-electron chi connectivity index (χ1n) is 6.54. The van der Waals surface area contributed by atoms with E-state index in [9.17, 15) is 4.79 Å². The summed E-state index contributed by atoms with van der Waals surface area (Å²) in [4.78, 5) is 13.3. The van der Waals surface area contributed by atoms with Crippen LogP contribution in [0.1, 0.15) is 44.4 Å². The summed E-state index contributed by atoms with van der Waals surface area (Å²) in [6.07, 6.45) is 3.70. The minimum atomic E-state index is -0.533. The van der Waals surface area contributed by atoms with E-state index in [0.29, 0.717) is 0 Å². The Morgan fingerprint density at radius 1 is 1.50 bits per heavy atom. The number of carbonyl (C=O) groups is 1. The van der Waals surface area contributed by atoms with E-state index in [2.05, 4.69) is 23.7 Å². The monoisotopic (exact) mass is 269 g/mol. The molecule has 0 amide bonds. The van der Waals surface area contributed by atoms with Crippen molar-refractivity contribution in [3.63, 3.8) is 0 Å². The van der Waals surface area contributed by atoms with Crippen LogP contribution in [0.5, 0.6) is 0 Å². The molecule has 1 atom stereocenters. The Morgan fingerprint density at radius 2 is 2.28 bits per heavy atom. The highest BCUT2D eigenvalue weighted by atomic mass is 32.1. The van der Waals surface area contributed by atoms with Crippen LogP contribution in [-0.2, 0) is 16.1 Å². The quantitative estimate of drug-likeness (QED) is 0.736. The molecule has 1 N–H and O–H groups in total. The minimum absolute atomic E-state index is 0.144. The van der Waals surface area contributed by atoms with Gasteiger partial charge in [-0.1, -0.05) is 32.8 Å². The summed E-state index contributed by atoms with van der Waals surface area (Å²) in [5, 5.41) is 5.46. The van der Waals surface area contributed by atoms with Crippen molar-refractivity contribution in [3.8, 4) is 0 Å². The molecule has 4 heteroatoms. The van der Waals surface area contributed by atoms with Gasteiger partial charge in [-0.25, -0.2) is 0 Å². The molecule has 0 saturated heterocycles. The summed E-state index contributed by atoms with van der Waals surface area (Å²) in [6, 6.07) is 4.11. The molecule has 0 aliphatic carbocycles. The Bertz CT molecular complexity index is 351. The van der Waals surface area contributed by atoms with E-state index in [1.54, 1.807) is 11.3 Å². The molecule has 3 nitrogen and oxygen atoms in total. The van der Waals surface area contributed by atoms with E-state index >= 15 is 0 Å². The smallest absolute Gasteiger partial charge is 0.326 e. The molecule has 1 aromatic rings. The SMILES string of the molecule is CCCCC(CC)(NCc1cccs1)C(=O)OC. The number of esters is 1. The van der Waals surface area contributed by atoms with Gasteiger partial charge in [-0.15, -0.1) is 11.3 Å². The highest BCUT2D eigenvalue weighted by Crippen LogP contribution is 2.22. The Kier molecular flexibility index (Phi) is 6.36. The Balaban J connectivity index is 2.71. The maximum Gasteiger partial charge on any atom is 0.326 e. The molecule has 1 rings (SSSR count). The second kappa shape index (κ2) is 7.54. The van der Waals surface area contributed by atoms with Gasteiger partial charge in [-0.3, -0.25) is 10.1 Å². The van der Waals surface area contributed by atoms with Crippen molar-refractivity contribution in [3.05, 3.63) is 22.4 Å².